The summed E-state index contributed by atoms with van der Waals surface area (Å²) in [6.07, 6.45) is 1.60. The predicted molar refractivity (Wildman–Crippen MR) is 85.5 cm³/mol. The summed E-state index contributed by atoms with van der Waals surface area (Å²) in [7, 11) is 4.09. The van der Waals surface area contributed by atoms with E-state index in [0.29, 0.717) is 0 Å². The second-order valence-electron chi connectivity index (χ2n) is 4.77. The molecule has 0 aliphatic heterocycles. The van der Waals surface area contributed by atoms with Gasteiger partial charge in [0.05, 0.1) is 10.2 Å². The van der Waals surface area contributed by atoms with Crippen molar-refractivity contribution in [2.45, 2.75) is 6.54 Å². The second-order valence-corrected chi connectivity index (χ2v) is 5.69. The molecule has 0 atom stereocenters. The van der Waals surface area contributed by atoms with Crippen molar-refractivity contribution in [3.05, 3.63) is 47.6 Å². The molecule has 0 aliphatic carbocycles. The second kappa shape index (κ2) is 5.46. The van der Waals surface area contributed by atoms with E-state index in [1.165, 1.54) is 11.3 Å². The highest BCUT2D eigenvalue weighted by molar-refractivity contribution is 7.17. The molecule has 0 radical (unpaired) electrons. The van der Waals surface area contributed by atoms with Crippen LogP contribution in [0.15, 0.2) is 42.0 Å². The van der Waals surface area contributed by atoms with Gasteiger partial charge in [-0.15, -0.1) is 11.3 Å². The van der Waals surface area contributed by atoms with Crippen molar-refractivity contribution in [2.75, 3.05) is 24.3 Å². The first-order chi connectivity index (χ1) is 9.74. The number of rotatable bonds is 4. The maximum atomic E-state index is 4.32. The van der Waals surface area contributed by atoms with Crippen LogP contribution >= 0.6 is 11.3 Å². The van der Waals surface area contributed by atoms with Gasteiger partial charge in [0.25, 0.3) is 0 Å². The maximum absolute atomic E-state index is 4.32. The fourth-order valence-corrected chi connectivity index (χ4v) is 2.82. The van der Waals surface area contributed by atoms with Crippen molar-refractivity contribution in [3.8, 4) is 0 Å². The Kier molecular flexibility index (Phi) is 3.52. The van der Waals surface area contributed by atoms with Crippen LogP contribution in [0.1, 0.15) is 5.56 Å². The van der Waals surface area contributed by atoms with Crippen LogP contribution in [0.5, 0.6) is 0 Å². The van der Waals surface area contributed by atoms with E-state index >= 15 is 0 Å². The molecule has 102 valence electrons. The number of nitrogens with one attached hydrogen (secondary N) is 1. The van der Waals surface area contributed by atoms with Crippen LogP contribution in [0.3, 0.4) is 0 Å². The van der Waals surface area contributed by atoms with Gasteiger partial charge < -0.3 is 10.2 Å². The highest BCUT2D eigenvalue weighted by Gasteiger charge is 2.04. The van der Waals surface area contributed by atoms with Crippen LogP contribution in [0.4, 0.5) is 11.5 Å². The minimum atomic E-state index is 0.762. The van der Waals surface area contributed by atoms with Gasteiger partial charge in [-0.2, -0.15) is 0 Å². The molecule has 20 heavy (non-hydrogen) atoms. The number of anilines is 2. The molecule has 0 saturated heterocycles. The SMILES string of the molecule is CN(C)c1ccc(CNc2ncnc3ccsc23)cc1. The van der Waals surface area contributed by atoms with Gasteiger partial charge in [-0.3, -0.25) is 0 Å². The quantitative estimate of drug-likeness (QED) is 0.797. The molecule has 0 amide bonds. The Morgan fingerprint density at radius 1 is 1.10 bits per heavy atom. The van der Waals surface area contributed by atoms with Gasteiger partial charge in [0, 0.05) is 26.3 Å². The number of hydrogen-bond acceptors (Lipinski definition) is 5. The monoisotopic (exact) mass is 284 g/mol. The van der Waals surface area contributed by atoms with E-state index in [1.54, 1.807) is 17.7 Å². The van der Waals surface area contributed by atoms with E-state index in [2.05, 4.69) is 44.5 Å². The first kappa shape index (κ1) is 12.9. The van der Waals surface area contributed by atoms with Gasteiger partial charge >= 0.3 is 0 Å². The Bertz CT molecular complexity index is 703. The largest absolute Gasteiger partial charge is 0.378 e. The van der Waals surface area contributed by atoms with Crippen molar-refractivity contribution in [1.29, 1.82) is 0 Å². The minimum absolute atomic E-state index is 0.762. The average Bonchev–Trinajstić information content (AvgIpc) is 2.94. The Morgan fingerprint density at radius 2 is 1.90 bits per heavy atom. The van der Waals surface area contributed by atoms with E-state index in [-0.39, 0.29) is 0 Å². The number of hydrogen-bond donors (Lipinski definition) is 1. The molecule has 2 aromatic heterocycles. The van der Waals surface area contributed by atoms with Crippen LogP contribution < -0.4 is 10.2 Å². The van der Waals surface area contributed by atoms with Crippen molar-refractivity contribution in [1.82, 2.24) is 9.97 Å². The summed E-state index contributed by atoms with van der Waals surface area (Å²) in [6.45, 7) is 0.762. The summed E-state index contributed by atoms with van der Waals surface area (Å²) in [4.78, 5) is 10.7. The summed E-state index contributed by atoms with van der Waals surface area (Å²) < 4.78 is 1.11. The van der Waals surface area contributed by atoms with Crippen molar-refractivity contribution < 1.29 is 0 Å². The molecule has 1 N–H and O–H groups in total. The van der Waals surface area contributed by atoms with Gasteiger partial charge in [-0.1, -0.05) is 12.1 Å². The standard InChI is InChI=1S/C15H16N4S/c1-19(2)12-5-3-11(4-6-12)9-16-15-14-13(7-8-20-14)17-10-18-15/h3-8,10H,9H2,1-2H3,(H,16,17,18). The lowest BCUT2D eigenvalue weighted by atomic mass is 10.2. The number of benzene rings is 1. The van der Waals surface area contributed by atoms with E-state index < -0.39 is 0 Å². The molecule has 0 bridgehead atoms. The molecule has 5 heteroatoms. The van der Waals surface area contributed by atoms with Crippen LogP contribution in [0.2, 0.25) is 0 Å². The Morgan fingerprint density at radius 3 is 2.65 bits per heavy atom. The van der Waals surface area contributed by atoms with E-state index in [0.717, 1.165) is 22.6 Å². The molecular formula is C15H16N4S. The topological polar surface area (TPSA) is 41.0 Å². The van der Waals surface area contributed by atoms with Gasteiger partial charge in [0.15, 0.2) is 0 Å². The fourth-order valence-electron chi connectivity index (χ4n) is 2.01. The van der Waals surface area contributed by atoms with E-state index in [9.17, 15) is 0 Å². The highest BCUT2D eigenvalue weighted by Crippen LogP contribution is 2.25. The third-order valence-corrected chi connectivity index (χ3v) is 4.07. The molecule has 0 spiro atoms. The zero-order valence-corrected chi connectivity index (χ0v) is 12.3. The molecule has 3 aromatic rings. The molecule has 0 saturated carbocycles. The minimum Gasteiger partial charge on any atom is -0.378 e. The van der Waals surface area contributed by atoms with Crippen molar-refractivity contribution in [3.63, 3.8) is 0 Å². The van der Waals surface area contributed by atoms with Gasteiger partial charge in [0.2, 0.25) is 0 Å². The normalized spacial score (nSPS) is 10.7. The average molecular weight is 284 g/mol. The predicted octanol–water partition coefficient (Wildman–Crippen LogP) is 3.37. The first-order valence-corrected chi connectivity index (χ1v) is 7.30. The van der Waals surface area contributed by atoms with Gasteiger partial charge in [-0.25, -0.2) is 9.97 Å². The lowest BCUT2D eigenvalue weighted by Crippen LogP contribution is -2.08. The third-order valence-electron chi connectivity index (χ3n) is 3.16. The number of aromatic nitrogens is 2. The van der Waals surface area contributed by atoms with Crippen LogP contribution in [0, 0.1) is 0 Å². The number of nitrogens with zero attached hydrogens (tertiary/aromatic N) is 3. The lowest BCUT2D eigenvalue weighted by Gasteiger charge is -2.13. The fraction of sp³-hybridized carbons (Fsp3) is 0.200. The zero-order chi connectivity index (χ0) is 13.9. The van der Waals surface area contributed by atoms with Crippen LogP contribution in [-0.2, 0) is 6.54 Å². The van der Waals surface area contributed by atoms with Crippen LogP contribution in [-0.4, -0.2) is 24.1 Å². The molecule has 0 unspecified atom stereocenters. The first-order valence-electron chi connectivity index (χ1n) is 6.42. The van der Waals surface area contributed by atoms with E-state index in [1.807, 2.05) is 25.5 Å². The Hall–Kier alpha value is -2.14. The number of thiophene rings is 1. The molecule has 1 aromatic carbocycles. The van der Waals surface area contributed by atoms with Gasteiger partial charge in [-0.05, 0) is 29.1 Å². The third kappa shape index (κ3) is 2.58. The molecule has 0 aliphatic rings. The van der Waals surface area contributed by atoms with E-state index in [4.69, 9.17) is 0 Å². The van der Waals surface area contributed by atoms with Crippen LogP contribution in [0.25, 0.3) is 10.2 Å². The zero-order valence-electron chi connectivity index (χ0n) is 11.5. The summed E-state index contributed by atoms with van der Waals surface area (Å²) in [5.41, 5.74) is 3.44. The smallest absolute Gasteiger partial charge is 0.147 e. The molecule has 3 rings (SSSR count). The highest BCUT2D eigenvalue weighted by atomic mass is 32.1. The summed E-state index contributed by atoms with van der Waals surface area (Å²) >= 11 is 1.66. The van der Waals surface area contributed by atoms with Gasteiger partial charge in [0.1, 0.15) is 12.1 Å². The summed E-state index contributed by atoms with van der Waals surface area (Å²) in [6, 6.07) is 10.5. The molecular weight excluding hydrogens is 268 g/mol. The summed E-state index contributed by atoms with van der Waals surface area (Å²) in [5, 5.41) is 5.42. The molecule has 2 heterocycles. The lowest BCUT2D eigenvalue weighted by molar-refractivity contribution is 1.09. The molecule has 4 nitrogen and oxygen atoms in total. The van der Waals surface area contributed by atoms with Crippen molar-refractivity contribution >= 4 is 33.1 Å². The summed E-state index contributed by atoms with van der Waals surface area (Å²) in [5.74, 6) is 0.904. The maximum Gasteiger partial charge on any atom is 0.147 e. The number of fused-ring (bicyclic) bond motifs is 1. The Labute approximate surface area is 122 Å². The van der Waals surface area contributed by atoms with Crippen molar-refractivity contribution in [2.24, 2.45) is 0 Å². The Balaban J connectivity index is 1.74. The molecule has 0 fully saturated rings.